The first-order valence-corrected chi connectivity index (χ1v) is 1.52. The van der Waals surface area contributed by atoms with Crippen LogP contribution in [0.4, 0.5) is 0 Å². The molecule has 0 radical (unpaired) electrons. The van der Waals surface area contributed by atoms with E-state index in [1.807, 2.05) is 0 Å². The van der Waals surface area contributed by atoms with Gasteiger partial charge in [-0.15, -0.1) is 0 Å². The number of aliphatic carboxylic acids is 2. The summed E-state index contributed by atoms with van der Waals surface area (Å²) in [7, 11) is 0. The number of carbonyl (C=O) groups excluding carboxylic acids is 3. The van der Waals surface area contributed by atoms with E-state index >= 15 is 0 Å². The van der Waals surface area contributed by atoms with Crippen molar-refractivity contribution in [3.63, 3.8) is 0 Å². The molecule has 0 unspecified atom stereocenters. The van der Waals surface area contributed by atoms with Crippen molar-refractivity contribution in [2.45, 2.75) is 0 Å². The van der Waals surface area contributed by atoms with Gasteiger partial charge in [-0.05, 0) is 0 Å². The zero-order valence-electron chi connectivity index (χ0n) is 5.25. The van der Waals surface area contributed by atoms with Crippen LogP contribution in [-0.4, -0.2) is 66.4 Å². The molecule has 0 spiro atoms. The number of hydrogen-bond acceptors (Lipinski definition) is 5. The van der Waals surface area contributed by atoms with E-state index in [1.165, 1.54) is 0 Å². The second kappa shape index (κ2) is 9.79. The maximum atomic E-state index is 9.52. The third kappa shape index (κ3) is 9.79. The minimum Gasteiger partial charge on any atom is -0.541 e. The Balaban J connectivity index is -0.0000000817. The molecule has 60 valence electrons. The van der Waals surface area contributed by atoms with Crippen molar-refractivity contribution in [1.82, 2.24) is 0 Å². The van der Waals surface area contributed by atoms with Gasteiger partial charge in [0.25, 0.3) is 0 Å². The van der Waals surface area contributed by atoms with Gasteiger partial charge in [-0.3, -0.25) is 4.79 Å². The van der Waals surface area contributed by atoms with Crippen LogP contribution < -0.4 is 10.2 Å². The van der Waals surface area contributed by atoms with Gasteiger partial charge in [0, 0.05) is 0 Å². The number of hydrogen-bond donors (Lipinski definition) is 0. The molecule has 7 nitrogen and oxygen atoms in total. The van der Waals surface area contributed by atoms with Gasteiger partial charge in [0.2, 0.25) is 5.78 Å². The maximum Gasteiger partial charge on any atom is 2.00 e. The summed E-state index contributed by atoms with van der Waals surface area (Å²) in [5.74, 6) is -6.56. The largest absolute Gasteiger partial charge is 2.00 e. The molecule has 0 amide bonds. The fourth-order valence-corrected chi connectivity index (χ4v) is 0.0833. The Morgan fingerprint density at radius 1 is 0.818 bits per heavy atom. The van der Waals surface area contributed by atoms with Crippen LogP contribution in [0, 0.1) is 0 Å². The maximum absolute atomic E-state index is 9.52. The monoisotopic (exact) mass is 192 g/mol. The van der Waals surface area contributed by atoms with E-state index in [4.69, 9.17) is 0 Å². The van der Waals surface area contributed by atoms with E-state index in [9.17, 15) is 24.6 Å². The summed E-state index contributed by atoms with van der Waals surface area (Å²) in [6, 6.07) is 0. The molecular formula is C3H4CaO7. The van der Waals surface area contributed by atoms with Gasteiger partial charge >= 0.3 is 37.7 Å². The molecule has 0 aliphatic heterocycles. The smallest absolute Gasteiger partial charge is 0.541 e. The Hall–Kier alpha value is -0.210. The van der Waals surface area contributed by atoms with Crippen LogP contribution in [-0.2, 0) is 14.4 Å². The molecule has 8 heteroatoms. The molecule has 0 saturated heterocycles. The minimum atomic E-state index is -2.26. The van der Waals surface area contributed by atoms with Gasteiger partial charge in [0.05, 0.1) is 0 Å². The molecule has 0 aromatic rings. The molecule has 0 fully saturated rings. The molecule has 0 rings (SSSR count). The van der Waals surface area contributed by atoms with Crippen molar-refractivity contribution in [2.75, 3.05) is 0 Å². The summed E-state index contributed by atoms with van der Waals surface area (Å²) in [6.07, 6.45) is 0. The van der Waals surface area contributed by atoms with Crippen LogP contribution in [0.5, 0.6) is 0 Å². The molecule has 0 aromatic heterocycles. The van der Waals surface area contributed by atoms with E-state index in [1.54, 1.807) is 0 Å². The molecule has 0 aliphatic rings. The van der Waals surface area contributed by atoms with Crippen molar-refractivity contribution in [3.05, 3.63) is 0 Å². The molecule has 11 heavy (non-hydrogen) atoms. The first kappa shape index (κ1) is 22.4. The van der Waals surface area contributed by atoms with E-state index < -0.39 is 17.7 Å². The van der Waals surface area contributed by atoms with Crippen molar-refractivity contribution in [1.29, 1.82) is 0 Å². The summed E-state index contributed by atoms with van der Waals surface area (Å²) >= 11 is 0. The summed E-state index contributed by atoms with van der Waals surface area (Å²) in [6.45, 7) is 0. The molecule has 0 heterocycles. The number of Topliss-reactive ketones (excluding diaryl/α,β-unsaturated/α-hetero) is 1. The summed E-state index contributed by atoms with van der Waals surface area (Å²) < 4.78 is 0. The van der Waals surface area contributed by atoms with Gasteiger partial charge in [-0.1, -0.05) is 0 Å². The topological polar surface area (TPSA) is 160 Å². The van der Waals surface area contributed by atoms with Crippen molar-refractivity contribution in [2.24, 2.45) is 0 Å². The first-order valence-electron chi connectivity index (χ1n) is 1.52. The second-order valence-corrected chi connectivity index (χ2v) is 0.904. The molecule has 0 atom stereocenters. The number of ketones is 1. The fourth-order valence-electron chi connectivity index (χ4n) is 0.0833. The molecule has 0 aromatic carbocycles. The zero-order chi connectivity index (χ0) is 6.73. The van der Waals surface area contributed by atoms with Crippen LogP contribution in [0.25, 0.3) is 0 Å². The van der Waals surface area contributed by atoms with E-state index in [0.29, 0.717) is 0 Å². The third-order valence-corrected chi connectivity index (χ3v) is 0.371. The Morgan fingerprint density at radius 2 is 1.00 bits per heavy atom. The Kier molecular flexibility index (Phi) is 20.0. The molecular weight excluding hydrogens is 188 g/mol. The molecule has 0 bridgehead atoms. The number of rotatable bonds is 2. The molecule has 0 saturated carbocycles. The van der Waals surface area contributed by atoms with Crippen LogP contribution >= 0.6 is 0 Å². The normalized spacial score (nSPS) is 5.82. The van der Waals surface area contributed by atoms with Crippen LogP contribution in [0.15, 0.2) is 0 Å². The summed E-state index contributed by atoms with van der Waals surface area (Å²) in [5.41, 5.74) is 0. The molecule has 0 aliphatic carbocycles. The fraction of sp³-hybridized carbons (Fsp3) is 0. The van der Waals surface area contributed by atoms with Crippen LogP contribution in [0.2, 0.25) is 0 Å². The Morgan fingerprint density at radius 3 is 1.00 bits per heavy atom. The first-order chi connectivity index (χ1) is 3.55. The van der Waals surface area contributed by atoms with Crippen molar-refractivity contribution < 1.29 is 35.5 Å². The number of carboxylic acids is 2. The summed E-state index contributed by atoms with van der Waals surface area (Å²) in [4.78, 5) is 28.0. The zero-order valence-corrected chi connectivity index (χ0v) is 7.46. The quantitative estimate of drug-likeness (QED) is 0.241. The molecule has 4 N–H and O–H groups in total. The minimum absolute atomic E-state index is 0. The van der Waals surface area contributed by atoms with Gasteiger partial charge in [-0.25, -0.2) is 0 Å². The van der Waals surface area contributed by atoms with Gasteiger partial charge < -0.3 is 30.8 Å². The second-order valence-electron chi connectivity index (χ2n) is 0.904. The Bertz CT molecular complexity index is 136. The predicted octanol–water partition coefficient (Wildman–Crippen LogP) is -5.97. The van der Waals surface area contributed by atoms with Gasteiger partial charge in [0.15, 0.2) is 0 Å². The number of carbonyl (C=O) groups is 3. The SMILES string of the molecule is O.O.O=C([O-])C(=O)C(=O)[O-].[Ca+2]. The average molecular weight is 192 g/mol. The van der Waals surface area contributed by atoms with Crippen molar-refractivity contribution >= 4 is 55.5 Å². The van der Waals surface area contributed by atoms with E-state index in [0.717, 1.165) is 0 Å². The van der Waals surface area contributed by atoms with E-state index in [2.05, 4.69) is 0 Å². The van der Waals surface area contributed by atoms with Crippen LogP contribution in [0.1, 0.15) is 0 Å². The van der Waals surface area contributed by atoms with Crippen molar-refractivity contribution in [3.8, 4) is 0 Å². The van der Waals surface area contributed by atoms with Crippen LogP contribution in [0.3, 0.4) is 0 Å². The average Bonchev–Trinajstić information content (AvgIpc) is 1.64. The predicted molar refractivity (Wildman–Crippen MR) is 28.0 cm³/mol. The van der Waals surface area contributed by atoms with Gasteiger partial charge in [-0.2, -0.15) is 0 Å². The van der Waals surface area contributed by atoms with Gasteiger partial charge in [0.1, 0.15) is 11.9 Å². The summed E-state index contributed by atoms with van der Waals surface area (Å²) in [5, 5.41) is 18.5. The third-order valence-electron chi connectivity index (χ3n) is 0.371. The number of carboxylic acid groups (broad SMARTS) is 2. The van der Waals surface area contributed by atoms with E-state index in [-0.39, 0.29) is 48.7 Å². The standard InChI is InChI=1S/C3H2O5.Ca.2H2O/c4-1(2(5)6)3(7)8;;;/h(H,5,6)(H,7,8);;2*1H2/q;+2;;/p-2. The Labute approximate surface area is 90.6 Å².